The largest absolute Gasteiger partial charge is 0.376 e. The molecule has 0 bridgehead atoms. The van der Waals surface area contributed by atoms with Crippen LogP contribution in [0.25, 0.3) is 0 Å². The third-order valence-electron chi connectivity index (χ3n) is 2.82. The molecule has 0 amide bonds. The van der Waals surface area contributed by atoms with Gasteiger partial charge in [0.15, 0.2) is 0 Å². The predicted octanol–water partition coefficient (Wildman–Crippen LogP) is 0.989. The number of ether oxygens (including phenoxy) is 1. The van der Waals surface area contributed by atoms with E-state index in [0.29, 0.717) is 0 Å². The highest BCUT2D eigenvalue weighted by Gasteiger charge is 2.24. The molecule has 0 radical (unpaired) electrons. The van der Waals surface area contributed by atoms with Crippen LogP contribution in [-0.4, -0.2) is 22.5 Å². The van der Waals surface area contributed by atoms with Crippen LogP contribution in [0.1, 0.15) is 31.0 Å². The molecule has 2 rings (SSSR count). The Morgan fingerprint density at radius 3 is 3.07 bits per heavy atom. The van der Waals surface area contributed by atoms with Crippen molar-refractivity contribution in [3.8, 4) is 0 Å². The van der Waals surface area contributed by atoms with Crippen LogP contribution < -0.4 is 5.73 Å². The lowest BCUT2D eigenvalue weighted by Crippen LogP contribution is -2.33. The molecule has 0 spiro atoms. The fourth-order valence-electron chi connectivity index (χ4n) is 1.95. The molecule has 0 saturated carbocycles. The number of aryl methyl sites for hydroxylation is 1. The van der Waals surface area contributed by atoms with Crippen molar-refractivity contribution in [2.45, 2.75) is 31.4 Å². The van der Waals surface area contributed by atoms with Crippen molar-refractivity contribution in [1.29, 1.82) is 0 Å². The van der Waals surface area contributed by atoms with Crippen LogP contribution in [0.4, 0.5) is 0 Å². The summed E-state index contributed by atoms with van der Waals surface area (Å²) in [6.45, 7) is 0.843. The van der Waals surface area contributed by atoms with Gasteiger partial charge >= 0.3 is 0 Å². The molecule has 2 N–H and O–H groups in total. The highest BCUT2D eigenvalue weighted by atomic mass is 16.5. The minimum atomic E-state index is -0.0391. The summed E-state index contributed by atoms with van der Waals surface area (Å²) < 4.78 is 7.47. The molecule has 78 valence electrons. The van der Waals surface area contributed by atoms with E-state index >= 15 is 0 Å². The van der Waals surface area contributed by atoms with E-state index in [-0.39, 0.29) is 12.1 Å². The Hall–Kier alpha value is -0.870. The normalized spacial score (nSPS) is 24.9. The third kappa shape index (κ3) is 1.81. The fraction of sp³-hybridized carbons (Fsp3) is 0.700. The smallest absolute Gasteiger partial charge is 0.0782 e. The first-order valence-corrected chi connectivity index (χ1v) is 5.14. The minimum Gasteiger partial charge on any atom is -0.376 e. The number of nitrogens with zero attached hydrogens (tertiary/aromatic N) is 2. The van der Waals surface area contributed by atoms with Crippen molar-refractivity contribution >= 4 is 0 Å². The van der Waals surface area contributed by atoms with Gasteiger partial charge < -0.3 is 10.5 Å². The van der Waals surface area contributed by atoms with E-state index in [1.54, 1.807) is 6.20 Å². The van der Waals surface area contributed by atoms with Gasteiger partial charge in [0.25, 0.3) is 0 Å². The van der Waals surface area contributed by atoms with E-state index in [2.05, 4.69) is 5.10 Å². The van der Waals surface area contributed by atoms with Gasteiger partial charge in [-0.2, -0.15) is 5.10 Å². The van der Waals surface area contributed by atoms with Crippen LogP contribution in [0.15, 0.2) is 12.3 Å². The topological polar surface area (TPSA) is 53.1 Å². The van der Waals surface area contributed by atoms with Gasteiger partial charge in [0.2, 0.25) is 0 Å². The van der Waals surface area contributed by atoms with E-state index in [9.17, 15) is 0 Å². The molecule has 1 aromatic heterocycles. The standard InChI is InChI=1S/C10H17N3O/c1-13-8(5-6-12-13)10(11)9-4-2-3-7-14-9/h5-6,9-10H,2-4,7,11H2,1H3. The van der Waals surface area contributed by atoms with Gasteiger partial charge in [-0.25, -0.2) is 0 Å². The Balaban J connectivity index is 2.07. The molecule has 4 heteroatoms. The number of aromatic nitrogens is 2. The van der Waals surface area contributed by atoms with Crippen molar-refractivity contribution in [2.24, 2.45) is 12.8 Å². The molecule has 14 heavy (non-hydrogen) atoms. The van der Waals surface area contributed by atoms with E-state index in [4.69, 9.17) is 10.5 Å². The summed E-state index contributed by atoms with van der Waals surface area (Å²) in [6.07, 6.45) is 5.38. The van der Waals surface area contributed by atoms with Crippen LogP contribution in [0, 0.1) is 0 Å². The average Bonchev–Trinajstić information content (AvgIpc) is 2.65. The quantitative estimate of drug-likeness (QED) is 0.765. The van der Waals surface area contributed by atoms with Crippen molar-refractivity contribution in [3.05, 3.63) is 18.0 Å². The van der Waals surface area contributed by atoms with Crippen LogP contribution in [-0.2, 0) is 11.8 Å². The van der Waals surface area contributed by atoms with Gasteiger partial charge in [0.05, 0.1) is 17.8 Å². The molecule has 1 aromatic rings. The second-order valence-electron chi connectivity index (χ2n) is 3.81. The number of nitrogens with two attached hydrogens (primary N) is 1. The second kappa shape index (κ2) is 4.11. The molecule has 4 nitrogen and oxygen atoms in total. The molecule has 2 atom stereocenters. The molecule has 2 unspecified atom stereocenters. The molecule has 2 heterocycles. The molecular formula is C10H17N3O. The van der Waals surface area contributed by atoms with E-state index in [1.165, 1.54) is 6.42 Å². The summed E-state index contributed by atoms with van der Waals surface area (Å²) >= 11 is 0. The van der Waals surface area contributed by atoms with E-state index in [1.807, 2.05) is 17.8 Å². The summed E-state index contributed by atoms with van der Waals surface area (Å²) in [4.78, 5) is 0. The van der Waals surface area contributed by atoms with Crippen LogP contribution >= 0.6 is 0 Å². The minimum absolute atomic E-state index is 0.0391. The summed E-state index contributed by atoms with van der Waals surface area (Å²) in [5, 5.41) is 4.11. The van der Waals surface area contributed by atoms with Gasteiger partial charge in [-0.05, 0) is 25.3 Å². The third-order valence-corrected chi connectivity index (χ3v) is 2.82. The average molecular weight is 195 g/mol. The summed E-state index contributed by atoms with van der Waals surface area (Å²) in [7, 11) is 1.91. The molecule has 1 saturated heterocycles. The molecule has 1 aliphatic rings. The summed E-state index contributed by atoms with van der Waals surface area (Å²) in [5.41, 5.74) is 7.18. The Morgan fingerprint density at radius 1 is 1.64 bits per heavy atom. The zero-order valence-electron chi connectivity index (χ0n) is 8.52. The van der Waals surface area contributed by atoms with Crippen LogP contribution in [0.2, 0.25) is 0 Å². The number of hydrogen-bond acceptors (Lipinski definition) is 3. The van der Waals surface area contributed by atoms with Crippen LogP contribution in [0.3, 0.4) is 0 Å². The van der Waals surface area contributed by atoms with Crippen molar-refractivity contribution < 1.29 is 4.74 Å². The first kappa shape index (κ1) is 9.68. The molecular weight excluding hydrogens is 178 g/mol. The Morgan fingerprint density at radius 2 is 2.50 bits per heavy atom. The first-order chi connectivity index (χ1) is 6.79. The highest BCUT2D eigenvalue weighted by molar-refractivity contribution is 5.08. The van der Waals surface area contributed by atoms with Crippen molar-refractivity contribution in [3.63, 3.8) is 0 Å². The predicted molar refractivity (Wildman–Crippen MR) is 53.7 cm³/mol. The maximum absolute atomic E-state index is 6.13. The lowest BCUT2D eigenvalue weighted by Gasteiger charge is -2.27. The zero-order valence-corrected chi connectivity index (χ0v) is 8.52. The fourth-order valence-corrected chi connectivity index (χ4v) is 1.95. The SMILES string of the molecule is Cn1nccc1C(N)C1CCCCO1. The number of hydrogen-bond donors (Lipinski definition) is 1. The summed E-state index contributed by atoms with van der Waals surface area (Å²) in [5.74, 6) is 0. The Bertz CT molecular complexity index is 291. The van der Waals surface area contributed by atoms with Crippen molar-refractivity contribution in [2.75, 3.05) is 6.61 Å². The van der Waals surface area contributed by atoms with Gasteiger partial charge in [0, 0.05) is 19.9 Å². The Labute approximate surface area is 84.0 Å². The molecule has 1 fully saturated rings. The molecule has 0 aromatic carbocycles. The van der Waals surface area contributed by atoms with Gasteiger partial charge in [-0.15, -0.1) is 0 Å². The van der Waals surface area contributed by atoms with Gasteiger partial charge in [-0.3, -0.25) is 4.68 Å². The molecule has 1 aliphatic heterocycles. The van der Waals surface area contributed by atoms with E-state index < -0.39 is 0 Å². The van der Waals surface area contributed by atoms with Crippen LogP contribution in [0.5, 0.6) is 0 Å². The Kier molecular flexibility index (Phi) is 2.84. The zero-order chi connectivity index (χ0) is 9.97. The maximum Gasteiger partial charge on any atom is 0.0782 e. The van der Waals surface area contributed by atoms with Crippen molar-refractivity contribution in [1.82, 2.24) is 9.78 Å². The second-order valence-corrected chi connectivity index (χ2v) is 3.81. The lowest BCUT2D eigenvalue weighted by atomic mass is 10.0. The van der Waals surface area contributed by atoms with Gasteiger partial charge in [-0.1, -0.05) is 0 Å². The maximum atomic E-state index is 6.13. The molecule has 0 aliphatic carbocycles. The van der Waals surface area contributed by atoms with E-state index in [0.717, 1.165) is 25.1 Å². The first-order valence-electron chi connectivity index (χ1n) is 5.14. The lowest BCUT2D eigenvalue weighted by molar-refractivity contribution is -0.00144. The number of rotatable bonds is 2. The van der Waals surface area contributed by atoms with Gasteiger partial charge in [0.1, 0.15) is 0 Å². The summed E-state index contributed by atoms with van der Waals surface area (Å²) in [6, 6.07) is 1.92. The monoisotopic (exact) mass is 195 g/mol. The highest BCUT2D eigenvalue weighted by Crippen LogP contribution is 2.23.